The van der Waals surface area contributed by atoms with Crippen LogP contribution in [0.1, 0.15) is 30.9 Å². The molecule has 0 spiro atoms. The lowest BCUT2D eigenvalue weighted by Crippen LogP contribution is -2.27. The number of hydrogen-bond acceptors (Lipinski definition) is 2. The number of aryl methyl sites for hydroxylation is 1. The first-order valence-electron chi connectivity index (χ1n) is 5.75. The van der Waals surface area contributed by atoms with Crippen LogP contribution in [-0.2, 0) is 5.41 Å². The molecule has 0 radical (unpaired) electrons. The highest BCUT2D eigenvalue weighted by Gasteiger charge is 2.26. The highest BCUT2D eigenvalue weighted by molar-refractivity contribution is 9.10. The predicted molar refractivity (Wildman–Crippen MR) is 75.9 cm³/mol. The van der Waals surface area contributed by atoms with Gasteiger partial charge in [0.1, 0.15) is 10.3 Å². The van der Waals surface area contributed by atoms with Crippen LogP contribution in [0, 0.1) is 6.92 Å². The summed E-state index contributed by atoms with van der Waals surface area (Å²) in [4.78, 5) is 19.1. The standard InChI is InChI=1S/C14H15BrN2O/c1-9-11(15)12(18)17-13(16-9)14(2,3)10-7-5-4-6-8-10/h4-8H,1-3H3,(H,16,17,18). The quantitative estimate of drug-likeness (QED) is 0.926. The SMILES string of the molecule is Cc1nc(C(C)(C)c2ccccc2)[nH]c(=O)c1Br. The normalized spacial score (nSPS) is 11.6. The van der Waals surface area contributed by atoms with E-state index < -0.39 is 0 Å². The highest BCUT2D eigenvalue weighted by atomic mass is 79.9. The first-order valence-corrected chi connectivity index (χ1v) is 6.54. The molecule has 0 aliphatic heterocycles. The van der Waals surface area contributed by atoms with Crippen molar-refractivity contribution in [1.82, 2.24) is 9.97 Å². The molecule has 0 saturated heterocycles. The van der Waals surface area contributed by atoms with E-state index in [2.05, 4.69) is 25.9 Å². The zero-order valence-corrected chi connectivity index (χ0v) is 12.2. The third kappa shape index (κ3) is 2.25. The third-order valence-corrected chi connectivity index (χ3v) is 4.05. The Morgan fingerprint density at radius 3 is 2.39 bits per heavy atom. The maximum absolute atomic E-state index is 11.8. The summed E-state index contributed by atoms with van der Waals surface area (Å²) in [6, 6.07) is 10.0. The minimum Gasteiger partial charge on any atom is -0.309 e. The lowest BCUT2D eigenvalue weighted by molar-refractivity contribution is 0.583. The van der Waals surface area contributed by atoms with Crippen LogP contribution < -0.4 is 5.56 Å². The second-order valence-corrected chi connectivity index (χ2v) is 5.60. The van der Waals surface area contributed by atoms with Crippen molar-refractivity contribution in [2.24, 2.45) is 0 Å². The molecule has 1 heterocycles. The molecule has 94 valence electrons. The van der Waals surface area contributed by atoms with E-state index in [9.17, 15) is 4.79 Å². The average molecular weight is 307 g/mol. The molecule has 2 aromatic rings. The number of halogens is 1. The smallest absolute Gasteiger partial charge is 0.265 e. The fourth-order valence-electron chi connectivity index (χ4n) is 1.86. The molecule has 0 aliphatic carbocycles. The first kappa shape index (κ1) is 13.0. The van der Waals surface area contributed by atoms with Gasteiger partial charge in [0.2, 0.25) is 0 Å². The number of rotatable bonds is 2. The zero-order valence-electron chi connectivity index (χ0n) is 10.6. The van der Waals surface area contributed by atoms with Gasteiger partial charge in [-0.05, 0) is 42.3 Å². The molecule has 0 amide bonds. The topological polar surface area (TPSA) is 45.8 Å². The number of nitrogens with zero attached hydrogens (tertiary/aromatic N) is 1. The molecule has 0 bridgehead atoms. The van der Waals surface area contributed by atoms with Gasteiger partial charge in [-0.1, -0.05) is 30.3 Å². The Morgan fingerprint density at radius 2 is 1.83 bits per heavy atom. The Hall–Kier alpha value is -1.42. The summed E-state index contributed by atoms with van der Waals surface area (Å²) in [5.74, 6) is 0.680. The van der Waals surface area contributed by atoms with Crippen LogP contribution in [0.15, 0.2) is 39.6 Å². The molecule has 0 fully saturated rings. The Labute approximate surface area is 114 Å². The molecule has 1 aromatic carbocycles. The van der Waals surface area contributed by atoms with Crippen molar-refractivity contribution >= 4 is 15.9 Å². The van der Waals surface area contributed by atoms with Gasteiger partial charge < -0.3 is 4.98 Å². The van der Waals surface area contributed by atoms with Gasteiger partial charge in [-0.25, -0.2) is 4.98 Å². The molecule has 3 nitrogen and oxygen atoms in total. The van der Waals surface area contributed by atoms with E-state index in [-0.39, 0.29) is 11.0 Å². The number of hydrogen-bond donors (Lipinski definition) is 1. The number of aromatic amines is 1. The van der Waals surface area contributed by atoms with Gasteiger partial charge in [0, 0.05) is 5.41 Å². The molecule has 18 heavy (non-hydrogen) atoms. The van der Waals surface area contributed by atoms with E-state index in [0.717, 1.165) is 5.56 Å². The lowest BCUT2D eigenvalue weighted by atomic mass is 9.84. The van der Waals surface area contributed by atoms with Crippen molar-refractivity contribution in [3.8, 4) is 0 Å². The Kier molecular flexibility index (Phi) is 3.39. The van der Waals surface area contributed by atoms with Gasteiger partial charge in [-0.3, -0.25) is 4.79 Å². The van der Waals surface area contributed by atoms with E-state index >= 15 is 0 Å². The average Bonchev–Trinajstić information content (AvgIpc) is 2.36. The fourth-order valence-corrected chi connectivity index (χ4v) is 2.05. The molecule has 0 atom stereocenters. The van der Waals surface area contributed by atoms with E-state index in [1.54, 1.807) is 0 Å². The summed E-state index contributed by atoms with van der Waals surface area (Å²) in [5, 5.41) is 0. The molecule has 1 aromatic heterocycles. The second-order valence-electron chi connectivity index (χ2n) is 4.80. The van der Waals surface area contributed by atoms with Gasteiger partial charge in [0.25, 0.3) is 5.56 Å². The maximum atomic E-state index is 11.8. The Morgan fingerprint density at radius 1 is 1.22 bits per heavy atom. The third-order valence-electron chi connectivity index (χ3n) is 3.12. The van der Waals surface area contributed by atoms with Crippen LogP contribution in [-0.4, -0.2) is 9.97 Å². The van der Waals surface area contributed by atoms with Crippen LogP contribution in [0.25, 0.3) is 0 Å². The first-order chi connectivity index (χ1) is 8.43. The number of aromatic nitrogens is 2. The van der Waals surface area contributed by atoms with E-state index in [4.69, 9.17) is 0 Å². The van der Waals surface area contributed by atoms with E-state index in [0.29, 0.717) is 16.0 Å². The van der Waals surface area contributed by atoms with Crippen molar-refractivity contribution in [3.05, 3.63) is 62.2 Å². The monoisotopic (exact) mass is 306 g/mol. The van der Waals surface area contributed by atoms with Gasteiger partial charge in [0.15, 0.2) is 0 Å². The number of nitrogens with one attached hydrogen (secondary N) is 1. The second kappa shape index (κ2) is 4.69. The number of H-pyrrole nitrogens is 1. The van der Waals surface area contributed by atoms with E-state index in [1.807, 2.05) is 51.1 Å². The van der Waals surface area contributed by atoms with E-state index in [1.165, 1.54) is 0 Å². The van der Waals surface area contributed by atoms with Crippen LogP contribution in [0.4, 0.5) is 0 Å². The minimum absolute atomic E-state index is 0.137. The maximum Gasteiger partial charge on any atom is 0.265 e. The van der Waals surface area contributed by atoms with Crippen molar-refractivity contribution in [3.63, 3.8) is 0 Å². The molecular weight excluding hydrogens is 292 g/mol. The molecule has 2 rings (SSSR count). The van der Waals surface area contributed by atoms with Crippen molar-refractivity contribution in [2.75, 3.05) is 0 Å². The van der Waals surface area contributed by atoms with Crippen molar-refractivity contribution in [1.29, 1.82) is 0 Å². The fraction of sp³-hybridized carbons (Fsp3) is 0.286. The van der Waals surface area contributed by atoms with Crippen LogP contribution >= 0.6 is 15.9 Å². The number of benzene rings is 1. The summed E-state index contributed by atoms with van der Waals surface area (Å²) in [7, 11) is 0. The lowest BCUT2D eigenvalue weighted by Gasteiger charge is -2.24. The molecule has 0 aliphatic rings. The highest BCUT2D eigenvalue weighted by Crippen LogP contribution is 2.28. The molecule has 1 N–H and O–H groups in total. The summed E-state index contributed by atoms with van der Waals surface area (Å²) >= 11 is 3.23. The molecule has 0 saturated carbocycles. The Bertz CT molecular complexity index is 617. The predicted octanol–water partition coefficient (Wildman–Crippen LogP) is 3.17. The molecule has 4 heteroatoms. The summed E-state index contributed by atoms with van der Waals surface area (Å²) in [6.07, 6.45) is 0. The Balaban J connectivity index is 2.58. The van der Waals surface area contributed by atoms with Crippen molar-refractivity contribution in [2.45, 2.75) is 26.2 Å². The summed E-state index contributed by atoms with van der Waals surface area (Å²) in [5.41, 5.74) is 1.36. The zero-order chi connectivity index (χ0) is 13.3. The molecular formula is C14H15BrN2O. The van der Waals surface area contributed by atoms with Gasteiger partial charge >= 0.3 is 0 Å². The van der Waals surface area contributed by atoms with Crippen LogP contribution in [0.5, 0.6) is 0 Å². The summed E-state index contributed by atoms with van der Waals surface area (Å²) in [6.45, 7) is 5.92. The summed E-state index contributed by atoms with van der Waals surface area (Å²) < 4.78 is 0.495. The van der Waals surface area contributed by atoms with Crippen LogP contribution in [0.2, 0.25) is 0 Å². The van der Waals surface area contributed by atoms with Gasteiger partial charge in [-0.15, -0.1) is 0 Å². The van der Waals surface area contributed by atoms with Crippen LogP contribution in [0.3, 0.4) is 0 Å². The molecule has 0 unspecified atom stereocenters. The van der Waals surface area contributed by atoms with Crippen molar-refractivity contribution < 1.29 is 0 Å². The minimum atomic E-state index is -0.327. The van der Waals surface area contributed by atoms with Gasteiger partial charge in [-0.2, -0.15) is 0 Å². The largest absolute Gasteiger partial charge is 0.309 e. The van der Waals surface area contributed by atoms with Gasteiger partial charge in [0.05, 0.1) is 5.69 Å².